The number of urea groups is 1. The first-order valence-corrected chi connectivity index (χ1v) is 8.00. The Balaban J connectivity index is 1.77. The zero-order valence-electron chi connectivity index (χ0n) is 14.1. The number of hydrogen-bond donors (Lipinski definition) is 2. The number of piperidine rings is 1. The van der Waals surface area contributed by atoms with Crippen LogP contribution in [0.4, 0.5) is 4.79 Å². The van der Waals surface area contributed by atoms with Crippen LogP contribution in [0.1, 0.15) is 51.6 Å². The van der Waals surface area contributed by atoms with Gasteiger partial charge >= 0.3 is 6.03 Å². The molecule has 0 aromatic carbocycles. The number of imidazole rings is 1. The van der Waals surface area contributed by atoms with Gasteiger partial charge in [-0.05, 0) is 40.0 Å². The van der Waals surface area contributed by atoms with E-state index < -0.39 is 0 Å². The molecule has 1 fully saturated rings. The number of rotatable bonds is 5. The topological polar surface area (TPSA) is 70.2 Å². The summed E-state index contributed by atoms with van der Waals surface area (Å²) >= 11 is 0. The molecular weight excluding hydrogens is 280 g/mol. The lowest BCUT2D eigenvalue weighted by atomic mass is 9.94. The average molecular weight is 308 g/mol. The third-order valence-corrected chi connectivity index (χ3v) is 4.46. The third-order valence-electron chi connectivity index (χ3n) is 4.46. The molecule has 6 heteroatoms. The maximum Gasteiger partial charge on any atom is 0.317 e. The minimum absolute atomic E-state index is 0.0301. The van der Waals surface area contributed by atoms with Crippen LogP contribution in [0.15, 0.2) is 12.5 Å². The van der Waals surface area contributed by atoms with Gasteiger partial charge in [-0.1, -0.05) is 0 Å². The van der Waals surface area contributed by atoms with Gasteiger partial charge in [-0.2, -0.15) is 0 Å². The van der Waals surface area contributed by atoms with Gasteiger partial charge in [0.1, 0.15) is 0 Å². The van der Waals surface area contributed by atoms with Crippen molar-refractivity contribution in [2.24, 2.45) is 0 Å². The molecule has 0 unspecified atom stereocenters. The Kier molecular flexibility index (Phi) is 5.45. The number of nitrogens with one attached hydrogen (secondary N) is 2. The van der Waals surface area contributed by atoms with Gasteiger partial charge in [-0.15, -0.1) is 0 Å². The highest BCUT2D eigenvalue weighted by molar-refractivity contribution is 5.74. The summed E-state index contributed by atoms with van der Waals surface area (Å²) in [7, 11) is 1.70. The quantitative estimate of drug-likeness (QED) is 0.878. The summed E-state index contributed by atoms with van der Waals surface area (Å²) in [5, 5.41) is 3.08. The number of carbonyl (C=O) groups excluding carboxylic acids is 1. The van der Waals surface area contributed by atoms with Gasteiger partial charge in [0.2, 0.25) is 0 Å². The van der Waals surface area contributed by atoms with Crippen LogP contribution in [-0.2, 0) is 4.74 Å². The van der Waals surface area contributed by atoms with Gasteiger partial charge in [-0.25, -0.2) is 9.78 Å². The standard InChI is InChI=1S/C16H28N4O2/c1-12(9-16(2,3)22-4)19-15(21)20-7-5-13(6-8-20)14-10-17-11-18-14/h10-13H,5-9H2,1-4H3,(H,17,18)(H,19,21)/t12-/m0/s1. The molecule has 1 saturated heterocycles. The van der Waals surface area contributed by atoms with E-state index in [1.807, 2.05) is 31.9 Å². The highest BCUT2D eigenvalue weighted by Gasteiger charge is 2.26. The molecule has 2 N–H and O–H groups in total. The highest BCUT2D eigenvalue weighted by atomic mass is 16.5. The highest BCUT2D eigenvalue weighted by Crippen LogP contribution is 2.26. The molecule has 1 aromatic rings. The van der Waals surface area contributed by atoms with Crippen molar-refractivity contribution < 1.29 is 9.53 Å². The van der Waals surface area contributed by atoms with E-state index in [1.54, 1.807) is 13.4 Å². The van der Waals surface area contributed by atoms with Crippen molar-refractivity contribution in [3.05, 3.63) is 18.2 Å². The fourth-order valence-electron chi connectivity index (χ4n) is 3.06. The van der Waals surface area contributed by atoms with E-state index in [0.29, 0.717) is 5.92 Å². The van der Waals surface area contributed by atoms with Gasteiger partial charge in [0.15, 0.2) is 0 Å². The number of hydrogen-bond acceptors (Lipinski definition) is 3. The van der Waals surface area contributed by atoms with Gasteiger partial charge in [-0.3, -0.25) is 0 Å². The molecule has 0 saturated carbocycles. The summed E-state index contributed by atoms with van der Waals surface area (Å²) in [5.41, 5.74) is 0.954. The summed E-state index contributed by atoms with van der Waals surface area (Å²) in [6, 6.07) is 0.121. The minimum Gasteiger partial charge on any atom is -0.379 e. The number of H-pyrrole nitrogens is 1. The van der Waals surface area contributed by atoms with Crippen molar-refractivity contribution in [3.63, 3.8) is 0 Å². The zero-order valence-corrected chi connectivity index (χ0v) is 14.1. The van der Waals surface area contributed by atoms with Gasteiger partial charge in [0, 0.05) is 44.0 Å². The summed E-state index contributed by atoms with van der Waals surface area (Å²) in [6.45, 7) is 7.67. The first kappa shape index (κ1) is 16.8. The summed E-state index contributed by atoms with van der Waals surface area (Å²) in [5.74, 6) is 0.483. The smallest absolute Gasteiger partial charge is 0.317 e. The molecule has 1 aliphatic rings. The van der Waals surface area contributed by atoms with E-state index in [2.05, 4.69) is 15.3 Å². The van der Waals surface area contributed by atoms with Gasteiger partial charge in [0.05, 0.1) is 11.9 Å². The van der Waals surface area contributed by atoms with Crippen LogP contribution >= 0.6 is 0 Å². The lowest BCUT2D eigenvalue weighted by Gasteiger charge is -2.33. The van der Waals surface area contributed by atoms with E-state index in [9.17, 15) is 4.79 Å². The summed E-state index contributed by atoms with van der Waals surface area (Å²) in [6.07, 6.45) is 6.35. The molecule has 1 aliphatic heterocycles. The first-order chi connectivity index (χ1) is 10.4. The van der Waals surface area contributed by atoms with E-state index in [-0.39, 0.29) is 17.7 Å². The van der Waals surface area contributed by atoms with Crippen molar-refractivity contribution in [2.45, 2.75) is 57.6 Å². The Morgan fingerprint density at radius 3 is 2.77 bits per heavy atom. The van der Waals surface area contributed by atoms with Crippen LogP contribution in [-0.4, -0.2) is 52.7 Å². The fourth-order valence-corrected chi connectivity index (χ4v) is 3.06. The van der Waals surface area contributed by atoms with Crippen molar-refractivity contribution in [3.8, 4) is 0 Å². The van der Waals surface area contributed by atoms with Crippen LogP contribution in [0.2, 0.25) is 0 Å². The fraction of sp³-hybridized carbons (Fsp3) is 0.750. The van der Waals surface area contributed by atoms with Gasteiger partial charge < -0.3 is 19.9 Å². The van der Waals surface area contributed by atoms with E-state index in [0.717, 1.165) is 32.4 Å². The van der Waals surface area contributed by atoms with Crippen LogP contribution in [0.3, 0.4) is 0 Å². The molecule has 0 aliphatic carbocycles. The molecule has 124 valence electrons. The number of nitrogens with zero attached hydrogens (tertiary/aromatic N) is 2. The number of methoxy groups -OCH3 is 1. The monoisotopic (exact) mass is 308 g/mol. The Morgan fingerprint density at radius 2 is 2.23 bits per heavy atom. The number of ether oxygens (including phenoxy) is 1. The van der Waals surface area contributed by atoms with Crippen LogP contribution in [0.25, 0.3) is 0 Å². The van der Waals surface area contributed by atoms with Crippen LogP contribution in [0, 0.1) is 0 Å². The lowest BCUT2D eigenvalue weighted by Crippen LogP contribution is -2.48. The molecule has 1 atom stereocenters. The van der Waals surface area contributed by atoms with Crippen molar-refractivity contribution >= 4 is 6.03 Å². The second-order valence-corrected chi connectivity index (χ2v) is 6.79. The number of carbonyl (C=O) groups is 1. The normalized spacial score (nSPS) is 18.3. The molecule has 0 spiro atoms. The summed E-state index contributed by atoms with van der Waals surface area (Å²) in [4.78, 5) is 21.5. The molecule has 1 aromatic heterocycles. The molecule has 2 amide bonds. The molecule has 2 heterocycles. The molecule has 0 radical (unpaired) electrons. The Bertz CT molecular complexity index is 465. The maximum absolute atomic E-state index is 12.3. The second kappa shape index (κ2) is 7.13. The van der Waals surface area contributed by atoms with Crippen LogP contribution < -0.4 is 5.32 Å². The largest absolute Gasteiger partial charge is 0.379 e. The average Bonchev–Trinajstić information content (AvgIpc) is 3.01. The van der Waals surface area contributed by atoms with Crippen molar-refractivity contribution in [1.29, 1.82) is 0 Å². The first-order valence-electron chi connectivity index (χ1n) is 8.00. The minimum atomic E-state index is -0.222. The van der Waals surface area contributed by atoms with E-state index in [4.69, 9.17) is 4.74 Å². The third kappa shape index (κ3) is 4.47. The van der Waals surface area contributed by atoms with E-state index >= 15 is 0 Å². The van der Waals surface area contributed by atoms with Crippen molar-refractivity contribution in [2.75, 3.05) is 20.2 Å². The number of aromatic nitrogens is 2. The Hall–Kier alpha value is -1.56. The molecular formula is C16H28N4O2. The molecule has 0 bridgehead atoms. The number of amides is 2. The Morgan fingerprint density at radius 1 is 1.55 bits per heavy atom. The van der Waals surface area contributed by atoms with Crippen molar-refractivity contribution in [1.82, 2.24) is 20.2 Å². The van der Waals surface area contributed by atoms with Crippen LogP contribution in [0.5, 0.6) is 0 Å². The second-order valence-electron chi connectivity index (χ2n) is 6.79. The molecule has 22 heavy (non-hydrogen) atoms. The summed E-state index contributed by atoms with van der Waals surface area (Å²) < 4.78 is 5.42. The SMILES string of the molecule is COC(C)(C)C[C@H](C)NC(=O)N1CCC(c2cnc[nH]2)CC1. The maximum atomic E-state index is 12.3. The van der Waals surface area contributed by atoms with Gasteiger partial charge in [0.25, 0.3) is 0 Å². The molecule has 2 rings (SSSR count). The molecule has 6 nitrogen and oxygen atoms in total. The predicted octanol–water partition coefficient (Wildman–Crippen LogP) is 2.50. The zero-order chi connectivity index (χ0) is 16.2. The predicted molar refractivity (Wildman–Crippen MR) is 85.8 cm³/mol. The number of likely N-dealkylation sites (tertiary alicyclic amines) is 1. The lowest BCUT2D eigenvalue weighted by molar-refractivity contribution is 0.00907. The van der Waals surface area contributed by atoms with E-state index in [1.165, 1.54) is 5.69 Å². The number of aromatic amines is 1. The Labute approximate surface area is 132 Å².